The van der Waals surface area contributed by atoms with Gasteiger partial charge in [-0.3, -0.25) is 4.79 Å². The number of methoxy groups -OCH3 is 2. The second kappa shape index (κ2) is 9.05. The van der Waals surface area contributed by atoms with Crippen LogP contribution in [0.2, 0.25) is 5.02 Å². The molecule has 1 heterocycles. The zero-order valence-corrected chi connectivity index (χ0v) is 16.2. The molecule has 3 aromatic rings. The lowest BCUT2D eigenvalue weighted by molar-refractivity contribution is 0.102. The molecule has 0 saturated carbocycles. The second-order valence-electron chi connectivity index (χ2n) is 5.75. The van der Waals surface area contributed by atoms with Crippen molar-refractivity contribution in [3.8, 4) is 11.5 Å². The van der Waals surface area contributed by atoms with E-state index in [4.69, 9.17) is 21.1 Å². The van der Waals surface area contributed by atoms with Crippen LogP contribution >= 0.6 is 11.6 Å². The van der Waals surface area contributed by atoms with E-state index in [1.54, 1.807) is 31.4 Å². The average molecular weight is 399 g/mol. The van der Waals surface area contributed by atoms with Crippen LogP contribution in [-0.2, 0) is 6.54 Å². The van der Waals surface area contributed by atoms with E-state index in [0.717, 1.165) is 5.56 Å². The van der Waals surface area contributed by atoms with Crippen LogP contribution < -0.4 is 20.1 Å². The fraction of sp³-hybridized carbons (Fsp3) is 0.150. The standard InChI is InChI=1S/C20H19ClN4O3/c1-27-14-7-8-18(28-2)16(9-14)25-20(26)17-10-19(24-12-23-17)22-11-13-5-3-4-6-15(13)21/h3-10,12H,11H2,1-2H3,(H,25,26)(H,22,23,24). The molecular formula is C20H19ClN4O3. The van der Waals surface area contributed by atoms with Crippen LogP contribution in [0.4, 0.5) is 11.5 Å². The molecule has 0 bridgehead atoms. The molecule has 0 radical (unpaired) electrons. The van der Waals surface area contributed by atoms with E-state index in [1.165, 1.54) is 13.4 Å². The minimum atomic E-state index is -0.394. The number of benzene rings is 2. The second-order valence-corrected chi connectivity index (χ2v) is 6.16. The van der Waals surface area contributed by atoms with Crippen LogP contribution in [0.25, 0.3) is 0 Å². The van der Waals surface area contributed by atoms with Gasteiger partial charge in [0.15, 0.2) is 0 Å². The Morgan fingerprint density at radius 3 is 2.64 bits per heavy atom. The van der Waals surface area contributed by atoms with Gasteiger partial charge in [0.1, 0.15) is 29.3 Å². The molecule has 0 aliphatic rings. The zero-order chi connectivity index (χ0) is 19.9. The highest BCUT2D eigenvalue weighted by molar-refractivity contribution is 6.31. The number of carbonyl (C=O) groups is 1. The third-order valence-electron chi connectivity index (χ3n) is 3.97. The van der Waals surface area contributed by atoms with E-state index in [9.17, 15) is 4.79 Å². The predicted molar refractivity (Wildman–Crippen MR) is 108 cm³/mol. The van der Waals surface area contributed by atoms with Gasteiger partial charge in [-0.05, 0) is 23.8 Å². The van der Waals surface area contributed by atoms with Gasteiger partial charge in [-0.25, -0.2) is 9.97 Å². The van der Waals surface area contributed by atoms with Crippen molar-refractivity contribution in [2.24, 2.45) is 0 Å². The minimum absolute atomic E-state index is 0.210. The average Bonchev–Trinajstić information content (AvgIpc) is 2.73. The Hall–Kier alpha value is -3.32. The van der Waals surface area contributed by atoms with Crippen LogP contribution in [0.3, 0.4) is 0 Å². The Kier molecular flexibility index (Phi) is 6.29. The fourth-order valence-electron chi connectivity index (χ4n) is 2.50. The van der Waals surface area contributed by atoms with Crippen molar-refractivity contribution in [3.05, 3.63) is 71.1 Å². The Morgan fingerprint density at radius 2 is 1.89 bits per heavy atom. The summed E-state index contributed by atoms with van der Waals surface area (Å²) < 4.78 is 10.5. The predicted octanol–water partition coefficient (Wildman–Crippen LogP) is 4.01. The summed E-state index contributed by atoms with van der Waals surface area (Å²) >= 11 is 6.16. The molecule has 0 spiro atoms. The lowest BCUT2D eigenvalue weighted by atomic mass is 10.2. The van der Waals surface area contributed by atoms with E-state index < -0.39 is 5.91 Å². The summed E-state index contributed by atoms with van der Waals surface area (Å²) in [6.07, 6.45) is 1.33. The number of hydrogen-bond donors (Lipinski definition) is 2. The number of aromatic nitrogens is 2. The third kappa shape index (κ3) is 4.69. The first-order valence-electron chi connectivity index (χ1n) is 8.43. The molecule has 28 heavy (non-hydrogen) atoms. The van der Waals surface area contributed by atoms with Gasteiger partial charge >= 0.3 is 0 Å². The molecule has 0 saturated heterocycles. The number of amides is 1. The maximum absolute atomic E-state index is 12.6. The number of halogens is 1. The molecule has 144 valence electrons. The van der Waals surface area contributed by atoms with Gasteiger partial charge in [-0.1, -0.05) is 29.8 Å². The third-order valence-corrected chi connectivity index (χ3v) is 4.34. The van der Waals surface area contributed by atoms with Crippen LogP contribution in [-0.4, -0.2) is 30.1 Å². The summed E-state index contributed by atoms with van der Waals surface area (Å²) in [7, 11) is 3.08. The van der Waals surface area contributed by atoms with Gasteiger partial charge in [0.2, 0.25) is 0 Å². The number of ether oxygens (including phenoxy) is 2. The molecule has 1 amide bonds. The molecule has 3 rings (SSSR count). The summed E-state index contributed by atoms with van der Waals surface area (Å²) in [5.41, 5.74) is 1.62. The molecule has 0 atom stereocenters. The van der Waals surface area contributed by atoms with Crippen LogP contribution in [0.1, 0.15) is 16.1 Å². The smallest absolute Gasteiger partial charge is 0.274 e. The largest absolute Gasteiger partial charge is 0.497 e. The minimum Gasteiger partial charge on any atom is -0.497 e. The number of carbonyl (C=O) groups excluding carboxylic acids is 1. The number of anilines is 2. The molecule has 0 aliphatic carbocycles. The highest BCUT2D eigenvalue weighted by Crippen LogP contribution is 2.29. The van der Waals surface area contributed by atoms with Crippen molar-refractivity contribution < 1.29 is 14.3 Å². The Balaban J connectivity index is 1.73. The normalized spacial score (nSPS) is 10.2. The van der Waals surface area contributed by atoms with Gasteiger partial charge in [-0.15, -0.1) is 0 Å². The number of rotatable bonds is 7. The summed E-state index contributed by atoms with van der Waals surface area (Å²) in [6, 6.07) is 14.2. The van der Waals surface area contributed by atoms with Crippen molar-refractivity contribution in [1.29, 1.82) is 0 Å². The summed E-state index contributed by atoms with van der Waals surface area (Å²) in [6.45, 7) is 0.474. The number of nitrogens with zero attached hydrogens (tertiary/aromatic N) is 2. The zero-order valence-electron chi connectivity index (χ0n) is 15.4. The van der Waals surface area contributed by atoms with E-state index in [2.05, 4.69) is 20.6 Å². The lowest BCUT2D eigenvalue weighted by Crippen LogP contribution is -2.15. The number of hydrogen-bond acceptors (Lipinski definition) is 6. The lowest BCUT2D eigenvalue weighted by Gasteiger charge is -2.12. The maximum Gasteiger partial charge on any atom is 0.274 e. The maximum atomic E-state index is 12.6. The van der Waals surface area contributed by atoms with Gasteiger partial charge in [-0.2, -0.15) is 0 Å². The van der Waals surface area contributed by atoms with E-state index in [0.29, 0.717) is 34.6 Å². The Morgan fingerprint density at radius 1 is 1.07 bits per heavy atom. The van der Waals surface area contributed by atoms with Crippen molar-refractivity contribution in [1.82, 2.24) is 9.97 Å². The van der Waals surface area contributed by atoms with Crippen LogP contribution in [0, 0.1) is 0 Å². The van der Waals surface area contributed by atoms with Gasteiger partial charge < -0.3 is 20.1 Å². The van der Waals surface area contributed by atoms with Gasteiger partial charge in [0.05, 0.1) is 19.9 Å². The molecule has 0 unspecified atom stereocenters. The van der Waals surface area contributed by atoms with Crippen LogP contribution in [0.5, 0.6) is 11.5 Å². The first-order chi connectivity index (χ1) is 13.6. The summed E-state index contributed by atoms with van der Waals surface area (Å²) in [4.78, 5) is 20.8. The highest BCUT2D eigenvalue weighted by Gasteiger charge is 2.13. The molecule has 8 heteroatoms. The molecule has 7 nitrogen and oxygen atoms in total. The van der Waals surface area contributed by atoms with Crippen molar-refractivity contribution in [2.45, 2.75) is 6.54 Å². The van der Waals surface area contributed by atoms with Gasteiger partial charge in [0, 0.05) is 23.7 Å². The van der Waals surface area contributed by atoms with E-state index >= 15 is 0 Å². The van der Waals surface area contributed by atoms with Gasteiger partial charge in [0.25, 0.3) is 5.91 Å². The molecular weight excluding hydrogens is 380 g/mol. The quantitative estimate of drug-likeness (QED) is 0.625. The SMILES string of the molecule is COc1ccc(OC)c(NC(=O)c2cc(NCc3ccccc3Cl)ncn2)c1. The summed E-state index contributed by atoms with van der Waals surface area (Å²) in [5.74, 6) is 1.23. The molecule has 0 fully saturated rings. The first kappa shape index (κ1) is 19.4. The molecule has 2 aromatic carbocycles. The summed E-state index contributed by atoms with van der Waals surface area (Å²) in [5, 5.41) is 6.58. The van der Waals surface area contributed by atoms with Crippen molar-refractivity contribution >= 4 is 29.0 Å². The van der Waals surface area contributed by atoms with E-state index in [-0.39, 0.29) is 5.69 Å². The van der Waals surface area contributed by atoms with E-state index in [1.807, 2.05) is 24.3 Å². The highest BCUT2D eigenvalue weighted by atomic mass is 35.5. The molecule has 1 aromatic heterocycles. The Bertz CT molecular complexity index is 981. The monoisotopic (exact) mass is 398 g/mol. The first-order valence-corrected chi connectivity index (χ1v) is 8.81. The molecule has 2 N–H and O–H groups in total. The van der Waals surface area contributed by atoms with Crippen molar-refractivity contribution in [3.63, 3.8) is 0 Å². The topological polar surface area (TPSA) is 85.4 Å². The number of nitrogens with one attached hydrogen (secondary N) is 2. The van der Waals surface area contributed by atoms with Crippen molar-refractivity contribution in [2.75, 3.05) is 24.9 Å². The Labute approximate surface area is 167 Å². The fourth-order valence-corrected chi connectivity index (χ4v) is 2.71. The molecule has 0 aliphatic heterocycles. The van der Waals surface area contributed by atoms with Crippen LogP contribution in [0.15, 0.2) is 54.9 Å².